The van der Waals surface area contributed by atoms with Crippen molar-refractivity contribution in [2.24, 2.45) is 0 Å². The third kappa shape index (κ3) is 5.64. The van der Waals surface area contributed by atoms with Gasteiger partial charge in [0.15, 0.2) is 5.82 Å². The van der Waals surface area contributed by atoms with Gasteiger partial charge in [-0.1, -0.05) is 30.3 Å². The van der Waals surface area contributed by atoms with Crippen LogP contribution in [0.15, 0.2) is 36.5 Å². The van der Waals surface area contributed by atoms with Crippen LogP contribution in [-0.4, -0.2) is 78.3 Å². The first-order valence-electron chi connectivity index (χ1n) is 9.30. The van der Waals surface area contributed by atoms with Gasteiger partial charge in [0.1, 0.15) is 0 Å². The molecule has 0 radical (unpaired) electrons. The lowest BCUT2D eigenvalue weighted by molar-refractivity contribution is 0.249. The number of nitrogens with one attached hydrogen (secondary N) is 1. The average Bonchev–Trinajstić information content (AvgIpc) is 2.67. The van der Waals surface area contributed by atoms with Crippen molar-refractivity contribution < 1.29 is 0 Å². The molecule has 1 aliphatic rings. The summed E-state index contributed by atoms with van der Waals surface area (Å²) in [6.07, 6.45) is 2.82. The normalized spacial score (nSPS) is 15.4. The molecule has 0 amide bonds. The van der Waals surface area contributed by atoms with Crippen LogP contribution in [0.1, 0.15) is 12.0 Å². The minimum atomic E-state index is 0.618. The molecule has 7 nitrogen and oxygen atoms in total. The number of aromatic nitrogens is 3. The predicted molar refractivity (Wildman–Crippen MR) is 105 cm³/mol. The first-order valence-corrected chi connectivity index (χ1v) is 9.30. The number of hydrogen-bond acceptors (Lipinski definition) is 7. The van der Waals surface area contributed by atoms with Crippen molar-refractivity contribution in [3.63, 3.8) is 0 Å². The Morgan fingerprint density at radius 3 is 2.58 bits per heavy atom. The Bertz CT molecular complexity index is 654. The molecule has 1 aromatic carbocycles. The lowest BCUT2D eigenvalue weighted by Crippen LogP contribution is -2.46. The number of piperazine rings is 1. The SMILES string of the molecule is CN(C)CCCNc1nncc(N2CCN(Cc3ccccc3)CC2)n1. The molecule has 1 saturated heterocycles. The van der Waals surface area contributed by atoms with Crippen LogP contribution in [0.2, 0.25) is 0 Å². The van der Waals surface area contributed by atoms with Crippen LogP contribution in [0, 0.1) is 0 Å². The number of hydrogen-bond donors (Lipinski definition) is 1. The molecule has 26 heavy (non-hydrogen) atoms. The molecule has 1 N–H and O–H groups in total. The maximum Gasteiger partial charge on any atom is 0.244 e. The van der Waals surface area contributed by atoms with E-state index in [9.17, 15) is 0 Å². The summed E-state index contributed by atoms with van der Waals surface area (Å²) in [5, 5.41) is 11.5. The van der Waals surface area contributed by atoms with Crippen LogP contribution in [-0.2, 0) is 6.54 Å². The van der Waals surface area contributed by atoms with Gasteiger partial charge in [0.25, 0.3) is 0 Å². The number of nitrogens with zero attached hydrogens (tertiary/aromatic N) is 6. The van der Waals surface area contributed by atoms with Gasteiger partial charge in [-0.3, -0.25) is 4.90 Å². The molecule has 0 aliphatic carbocycles. The summed E-state index contributed by atoms with van der Waals surface area (Å²) in [4.78, 5) is 11.6. The second-order valence-corrected chi connectivity index (χ2v) is 6.97. The Morgan fingerprint density at radius 1 is 1.08 bits per heavy atom. The molecule has 0 saturated carbocycles. The molecule has 2 heterocycles. The van der Waals surface area contributed by atoms with Gasteiger partial charge in [-0.05, 0) is 32.6 Å². The Hall–Kier alpha value is -2.25. The molecule has 3 rings (SSSR count). The molecular formula is C19H29N7. The molecular weight excluding hydrogens is 326 g/mol. The summed E-state index contributed by atoms with van der Waals surface area (Å²) in [5.41, 5.74) is 1.37. The maximum atomic E-state index is 4.63. The summed E-state index contributed by atoms with van der Waals surface area (Å²) < 4.78 is 0. The smallest absolute Gasteiger partial charge is 0.244 e. The van der Waals surface area contributed by atoms with E-state index in [4.69, 9.17) is 0 Å². The summed E-state index contributed by atoms with van der Waals surface area (Å²) >= 11 is 0. The summed E-state index contributed by atoms with van der Waals surface area (Å²) in [7, 11) is 4.16. The van der Waals surface area contributed by atoms with E-state index >= 15 is 0 Å². The van der Waals surface area contributed by atoms with E-state index in [2.05, 4.69) is 79.6 Å². The number of anilines is 2. The van der Waals surface area contributed by atoms with Crippen LogP contribution in [0.25, 0.3) is 0 Å². The van der Waals surface area contributed by atoms with Gasteiger partial charge in [-0.2, -0.15) is 10.1 Å². The third-order valence-corrected chi connectivity index (χ3v) is 4.56. The zero-order valence-electron chi connectivity index (χ0n) is 15.8. The first-order chi connectivity index (χ1) is 12.7. The molecule has 0 unspecified atom stereocenters. The van der Waals surface area contributed by atoms with Crippen LogP contribution in [0.4, 0.5) is 11.8 Å². The lowest BCUT2D eigenvalue weighted by Gasteiger charge is -2.35. The van der Waals surface area contributed by atoms with E-state index in [0.29, 0.717) is 5.95 Å². The van der Waals surface area contributed by atoms with E-state index in [0.717, 1.165) is 58.1 Å². The Morgan fingerprint density at radius 2 is 1.85 bits per heavy atom. The molecule has 1 fully saturated rings. The monoisotopic (exact) mass is 355 g/mol. The standard InChI is InChI=1S/C19H29N7/c1-24(2)10-6-9-20-19-22-18(15-21-23-19)26-13-11-25(12-14-26)16-17-7-4-3-5-8-17/h3-5,7-8,15H,6,9-14,16H2,1-2H3,(H,20,22,23). The van der Waals surface area contributed by atoms with Crippen molar-refractivity contribution >= 4 is 11.8 Å². The molecule has 0 bridgehead atoms. The highest BCUT2D eigenvalue weighted by molar-refractivity contribution is 5.40. The van der Waals surface area contributed by atoms with Gasteiger partial charge >= 0.3 is 0 Å². The van der Waals surface area contributed by atoms with Crippen molar-refractivity contribution in [3.05, 3.63) is 42.1 Å². The van der Waals surface area contributed by atoms with Crippen LogP contribution in [0.3, 0.4) is 0 Å². The van der Waals surface area contributed by atoms with Crippen molar-refractivity contribution in [2.75, 3.05) is 63.6 Å². The van der Waals surface area contributed by atoms with Gasteiger partial charge in [-0.25, -0.2) is 0 Å². The molecule has 0 spiro atoms. The second-order valence-electron chi connectivity index (χ2n) is 6.97. The fourth-order valence-corrected chi connectivity index (χ4v) is 3.09. The zero-order valence-corrected chi connectivity index (χ0v) is 15.8. The third-order valence-electron chi connectivity index (χ3n) is 4.56. The van der Waals surface area contributed by atoms with E-state index in [1.807, 2.05) is 0 Å². The average molecular weight is 355 g/mol. The van der Waals surface area contributed by atoms with E-state index in [1.165, 1.54) is 5.56 Å². The van der Waals surface area contributed by atoms with Gasteiger partial charge in [0.05, 0.1) is 6.20 Å². The molecule has 1 aliphatic heterocycles. The van der Waals surface area contributed by atoms with Gasteiger partial charge in [0.2, 0.25) is 5.95 Å². The van der Waals surface area contributed by atoms with Crippen LogP contribution < -0.4 is 10.2 Å². The summed E-state index contributed by atoms with van der Waals surface area (Å²) in [6, 6.07) is 10.6. The minimum Gasteiger partial charge on any atom is -0.353 e. The van der Waals surface area contributed by atoms with E-state index < -0.39 is 0 Å². The highest BCUT2D eigenvalue weighted by Gasteiger charge is 2.18. The lowest BCUT2D eigenvalue weighted by atomic mass is 10.2. The molecule has 0 atom stereocenters. The van der Waals surface area contributed by atoms with Crippen LogP contribution >= 0.6 is 0 Å². The van der Waals surface area contributed by atoms with E-state index in [1.54, 1.807) is 6.20 Å². The van der Waals surface area contributed by atoms with Gasteiger partial charge in [0, 0.05) is 39.3 Å². The molecule has 140 valence electrons. The predicted octanol–water partition coefficient (Wildman–Crippen LogP) is 1.56. The largest absolute Gasteiger partial charge is 0.353 e. The molecule has 7 heteroatoms. The van der Waals surface area contributed by atoms with Crippen molar-refractivity contribution in [2.45, 2.75) is 13.0 Å². The van der Waals surface area contributed by atoms with Gasteiger partial charge in [-0.15, -0.1) is 5.10 Å². The topological polar surface area (TPSA) is 60.4 Å². The molecule has 2 aromatic rings. The Labute approximate surface area is 156 Å². The fraction of sp³-hybridized carbons (Fsp3) is 0.526. The highest BCUT2D eigenvalue weighted by Crippen LogP contribution is 2.15. The Kier molecular flexibility index (Phi) is 6.74. The fourth-order valence-electron chi connectivity index (χ4n) is 3.09. The first kappa shape index (κ1) is 18.5. The number of rotatable bonds is 8. The number of benzene rings is 1. The quantitative estimate of drug-likeness (QED) is 0.721. The second kappa shape index (κ2) is 9.45. The van der Waals surface area contributed by atoms with E-state index in [-0.39, 0.29) is 0 Å². The molecule has 1 aromatic heterocycles. The maximum absolute atomic E-state index is 4.63. The Balaban J connectivity index is 1.47. The minimum absolute atomic E-state index is 0.618. The van der Waals surface area contributed by atoms with Crippen molar-refractivity contribution in [1.29, 1.82) is 0 Å². The highest BCUT2D eigenvalue weighted by atomic mass is 15.3. The summed E-state index contributed by atoms with van der Waals surface area (Å²) in [5.74, 6) is 1.53. The van der Waals surface area contributed by atoms with Crippen LogP contribution in [0.5, 0.6) is 0 Å². The van der Waals surface area contributed by atoms with Gasteiger partial charge < -0.3 is 15.1 Å². The van der Waals surface area contributed by atoms with Crippen molar-refractivity contribution in [1.82, 2.24) is 25.0 Å². The zero-order chi connectivity index (χ0) is 18.2. The summed E-state index contributed by atoms with van der Waals surface area (Å²) in [6.45, 7) is 6.90. The van der Waals surface area contributed by atoms with Crippen molar-refractivity contribution in [3.8, 4) is 0 Å².